The first-order valence-electron chi connectivity index (χ1n) is 4.36. The number of hydrogen-bond donors (Lipinski definition) is 1. The molecule has 0 saturated carbocycles. The van der Waals surface area contributed by atoms with Crippen LogP contribution in [0.1, 0.15) is 5.56 Å². The van der Waals surface area contributed by atoms with Crippen LogP contribution in [0.3, 0.4) is 0 Å². The topological polar surface area (TPSA) is 26.3 Å². The number of rotatable bonds is 5. The lowest BCUT2D eigenvalue weighted by molar-refractivity contribution is -0.116. The lowest BCUT2D eigenvalue weighted by atomic mass is 10.1. The molecule has 0 atom stereocenters. The zero-order chi connectivity index (χ0) is 12.1. The number of thiol groups is 1. The maximum absolute atomic E-state index is 12.0. The summed E-state index contributed by atoms with van der Waals surface area (Å²) in [5.41, 5.74) is 0.550. The summed E-state index contributed by atoms with van der Waals surface area (Å²) in [7, 11) is 0. The average Bonchev–Trinajstić information content (AvgIpc) is 2.15. The standard InChI is InChI=1S/C10H9ClF2O2S/c11-5-7(14)1-6-2-8(15-10(12)13)4-9(16)3-6/h2-4,10,16H,1,5H2. The lowest BCUT2D eigenvalue weighted by Crippen LogP contribution is -2.06. The van der Waals surface area contributed by atoms with Crippen molar-refractivity contribution in [1.82, 2.24) is 0 Å². The van der Waals surface area contributed by atoms with E-state index < -0.39 is 6.61 Å². The largest absolute Gasteiger partial charge is 0.435 e. The van der Waals surface area contributed by atoms with Crippen molar-refractivity contribution in [2.24, 2.45) is 0 Å². The van der Waals surface area contributed by atoms with Gasteiger partial charge in [-0.15, -0.1) is 24.2 Å². The highest BCUT2D eigenvalue weighted by Gasteiger charge is 2.08. The van der Waals surface area contributed by atoms with Gasteiger partial charge < -0.3 is 4.74 Å². The molecule has 0 N–H and O–H groups in total. The fourth-order valence-electron chi connectivity index (χ4n) is 1.19. The van der Waals surface area contributed by atoms with Gasteiger partial charge in [-0.2, -0.15) is 8.78 Å². The number of carbonyl (C=O) groups excluding carboxylic acids is 1. The van der Waals surface area contributed by atoms with Gasteiger partial charge in [0.25, 0.3) is 0 Å². The Morgan fingerprint density at radius 1 is 1.44 bits per heavy atom. The minimum absolute atomic E-state index is 0.0140. The predicted octanol–water partition coefficient (Wildman–Crippen LogP) is 2.93. The van der Waals surface area contributed by atoms with E-state index in [4.69, 9.17) is 11.6 Å². The van der Waals surface area contributed by atoms with Crippen molar-refractivity contribution >= 4 is 30.0 Å². The smallest absolute Gasteiger partial charge is 0.387 e. The van der Waals surface area contributed by atoms with E-state index in [0.29, 0.717) is 10.5 Å². The third kappa shape index (κ3) is 4.37. The molecule has 1 aromatic carbocycles. The minimum atomic E-state index is -2.90. The molecule has 2 nitrogen and oxygen atoms in total. The maximum atomic E-state index is 12.0. The molecule has 0 amide bonds. The van der Waals surface area contributed by atoms with Crippen LogP contribution in [-0.4, -0.2) is 18.3 Å². The van der Waals surface area contributed by atoms with E-state index in [1.807, 2.05) is 0 Å². The number of hydrogen-bond acceptors (Lipinski definition) is 3. The molecule has 0 heterocycles. The third-order valence-corrected chi connectivity index (χ3v) is 2.28. The molecule has 88 valence electrons. The predicted molar refractivity (Wildman–Crippen MR) is 59.8 cm³/mol. The van der Waals surface area contributed by atoms with Gasteiger partial charge in [0, 0.05) is 11.3 Å². The fourth-order valence-corrected chi connectivity index (χ4v) is 1.58. The summed E-state index contributed by atoms with van der Waals surface area (Å²) in [6.07, 6.45) is 0.0809. The van der Waals surface area contributed by atoms with Crippen molar-refractivity contribution in [3.05, 3.63) is 23.8 Å². The van der Waals surface area contributed by atoms with Gasteiger partial charge in [0.15, 0.2) is 5.78 Å². The molecule has 0 spiro atoms. The highest BCUT2D eigenvalue weighted by Crippen LogP contribution is 2.22. The molecule has 6 heteroatoms. The van der Waals surface area contributed by atoms with Gasteiger partial charge in [-0.05, 0) is 23.8 Å². The number of carbonyl (C=O) groups is 1. The number of ether oxygens (including phenoxy) is 1. The Kier molecular flexibility index (Phi) is 5.02. The van der Waals surface area contributed by atoms with Crippen LogP contribution < -0.4 is 4.74 Å². The Bertz CT molecular complexity index is 385. The first-order valence-corrected chi connectivity index (χ1v) is 5.35. The van der Waals surface area contributed by atoms with E-state index in [9.17, 15) is 13.6 Å². The maximum Gasteiger partial charge on any atom is 0.387 e. The zero-order valence-corrected chi connectivity index (χ0v) is 9.77. The van der Waals surface area contributed by atoms with Crippen LogP contribution in [0.2, 0.25) is 0 Å². The van der Waals surface area contributed by atoms with E-state index in [-0.39, 0.29) is 23.8 Å². The van der Waals surface area contributed by atoms with Crippen molar-refractivity contribution in [1.29, 1.82) is 0 Å². The second kappa shape index (κ2) is 6.06. The van der Waals surface area contributed by atoms with E-state index in [1.165, 1.54) is 12.1 Å². The molecule has 0 aliphatic rings. The van der Waals surface area contributed by atoms with Gasteiger partial charge in [-0.1, -0.05) is 0 Å². The van der Waals surface area contributed by atoms with Gasteiger partial charge in [0.1, 0.15) is 5.75 Å². The number of alkyl halides is 3. The third-order valence-electron chi connectivity index (χ3n) is 1.73. The Morgan fingerprint density at radius 2 is 2.12 bits per heavy atom. The van der Waals surface area contributed by atoms with Crippen LogP contribution >= 0.6 is 24.2 Å². The summed E-state index contributed by atoms with van der Waals surface area (Å²) in [5.74, 6) is -0.314. The molecule has 0 aliphatic heterocycles. The van der Waals surface area contributed by atoms with Crippen LogP contribution in [0.4, 0.5) is 8.78 Å². The first-order chi connectivity index (χ1) is 7.51. The molecule has 1 aromatic rings. The summed E-state index contributed by atoms with van der Waals surface area (Å²) in [6, 6.07) is 4.33. The van der Waals surface area contributed by atoms with Gasteiger partial charge >= 0.3 is 6.61 Å². The second-order valence-electron chi connectivity index (χ2n) is 3.06. The van der Waals surface area contributed by atoms with Crippen molar-refractivity contribution in [2.75, 3.05) is 5.88 Å². The van der Waals surface area contributed by atoms with Crippen molar-refractivity contribution < 1.29 is 18.3 Å². The first kappa shape index (κ1) is 13.3. The molecule has 0 aromatic heterocycles. The van der Waals surface area contributed by atoms with Crippen molar-refractivity contribution in [2.45, 2.75) is 17.9 Å². The molecule has 0 fully saturated rings. The lowest BCUT2D eigenvalue weighted by Gasteiger charge is -2.07. The summed E-state index contributed by atoms with van der Waals surface area (Å²) in [6.45, 7) is -2.90. The minimum Gasteiger partial charge on any atom is -0.435 e. The number of ketones is 1. The van der Waals surface area contributed by atoms with Gasteiger partial charge in [-0.25, -0.2) is 0 Å². The molecular formula is C10H9ClF2O2S. The van der Waals surface area contributed by atoms with Crippen molar-refractivity contribution in [3.8, 4) is 5.75 Å². The quantitative estimate of drug-likeness (QED) is 0.655. The molecule has 0 unspecified atom stereocenters. The molecule has 0 radical (unpaired) electrons. The highest BCUT2D eigenvalue weighted by molar-refractivity contribution is 7.80. The zero-order valence-electron chi connectivity index (χ0n) is 8.12. The monoisotopic (exact) mass is 266 g/mol. The van der Waals surface area contributed by atoms with Crippen LogP contribution in [0, 0.1) is 0 Å². The number of benzene rings is 1. The molecule has 1 rings (SSSR count). The Balaban J connectivity index is 2.85. The SMILES string of the molecule is O=C(CCl)Cc1cc(S)cc(OC(F)F)c1. The molecule has 16 heavy (non-hydrogen) atoms. The summed E-state index contributed by atoms with van der Waals surface area (Å²) >= 11 is 9.37. The van der Waals surface area contributed by atoms with E-state index >= 15 is 0 Å². The van der Waals surface area contributed by atoms with E-state index in [0.717, 1.165) is 0 Å². The molecular weight excluding hydrogens is 258 g/mol. The van der Waals surface area contributed by atoms with Gasteiger partial charge in [0.05, 0.1) is 5.88 Å². The average molecular weight is 267 g/mol. The fraction of sp³-hybridized carbons (Fsp3) is 0.300. The Morgan fingerprint density at radius 3 is 2.69 bits per heavy atom. The van der Waals surface area contributed by atoms with Crippen LogP contribution in [-0.2, 0) is 11.2 Å². The van der Waals surface area contributed by atoms with E-state index in [1.54, 1.807) is 6.07 Å². The number of Topliss-reactive ketones (excluding diaryl/α,β-unsaturated/α-hetero) is 1. The van der Waals surface area contributed by atoms with Crippen LogP contribution in [0.25, 0.3) is 0 Å². The Labute approximate surface area is 102 Å². The summed E-state index contributed by atoms with van der Waals surface area (Å²) in [5, 5.41) is 0. The van der Waals surface area contributed by atoms with Crippen LogP contribution in [0.5, 0.6) is 5.75 Å². The molecule has 0 saturated heterocycles. The highest BCUT2D eigenvalue weighted by atomic mass is 35.5. The molecule has 0 bridgehead atoms. The Hall–Kier alpha value is -0.810. The second-order valence-corrected chi connectivity index (χ2v) is 3.85. The normalized spacial score (nSPS) is 10.6. The van der Waals surface area contributed by atoms with Gasteiger partial charge in [0.2, 0.25) is 0 Å². The summed E-state index contributed by atoms with van der Waals surface area (Å²) in [4.78, 5) is 11.5. The van der Waals surface area contributed by atoms with Gasteiger partial charge in [-0.3, -0.25) is 4.79 Å². The molecule has 0 aliphatic carbocycles. The van der Waals surface area contributed by atoms with Crippen LogP contribution in [0.15, 0.2) is 23.1 Å². The summed E-state index contributed by atoms with van der Waals surface area (Å²) < 4.78 is 28.2. The van der Waals surface area contributed by atoms with E-state index in [2.05, 4.69) is 17.4 Å². The number of halogens is 3. The van der Waals surface area contributed by atoms with Crippen molar-refractivity contribution in [3.63, 3.8) is 0 Å².